The van der Waals surface area contributed by atoms with Gasteiger partial charge in [0.1, 0.15) is 0 Å². The zero-order valence-electron chi connectivity index (χ0n) is 11.9. The molecule has 0 aliphatic heterocycles. The standard InChI is InChI=1S/C13H22N2O4S/c1-18-10-8-15(9-11-19-2)20(16,17)14-12-13-6-4-3-5-7-13/h3-7,14H,8-12H2,1-2H3. The average Bonchev–Trinajstić information content (AvgIpc) is 2.46. The van der Waals surface area contributed by atoms with Gasteiger partial charge in [-0.2, -0.15) is 17.4 Å². The van der Waals surface area contributed by atoms with Crippen LogP contribution in [0.3, 0.4) is 0 Å². The molecule has 1 rings (SSSR count). The molecule has 0 bridgehead atoms. The summed E-state index contributed by atoms with van der Waals surface area (Å²) in [6.07, 6.45) is 0. The van der Waals surface area contributed by atoms with Crippen molar-refractivity contribution in [1.29, 1.82) is 0 Å². The molecule has 6 nitrogen and oxygen atoms in total. The van der Waals surface area contributed by atoms with Crippen LogP contribution in [0.15, 0.2) is 30.3 Å². The quantitative estimate of drug-likeness (QED) is 0.688. The molecule has 0 amide bonds. The summed E-state index contributed by atoms with van der Waals surface area (Å²) in [5, 5.41) is 0. The molecule has 7 heteroatoms. The Morgan fingerprint density at radius 2 is 1.60 bits per heavy atom. The molecular weight excluding hydrogens is 280 g/mol. The van der Waals surface area contributed by atoms with Crippen molar-refractivity contribution in [1.82, 2.24) is 9.03 Å². The maximum absolute atomic E-state index is 12.2. The van der Waals surface area contributed by atoms with Crippen LogP contribution in [0.1, 0.15) is 5.56 Å². The topological polar surface area (TPSA) is 67.9 Å². The molecule has 0 aliphatic carbocycles. The molecule has 1 aromatic rings. The first-order chi connectivity index (χ1) is 9.60. The number of benzene rings is 1. The minimum Gasteiger partial charge on any atom is -0.383 e. The Balaban J connectivity index is 2.61. The van der Waals surface area contributed by atoms with Crippen LogP contribution in [-0.4, -0.2) is 53.2 Å². The third kappa shape index (κ3) is 5.98. The summed E-state index contributed by atoms with van der Waals surface area (Å²) in [4.78, 5) is 0. The molecule has 0 aromatic heterocycles. The predicted octanol–water partition coefficient (Wildman–Crippen LogP) is 0.616. The molecule has 0 heterocycles. The van der Waals surface area contributed by atoms with Crippen LogP contribution in [0.25, 0.3) is 0 Å². The number of hydrogen-bond acceptors (Lipinski definition) is 4. The van der Waals surface area contributed by atoms with Gasteiger partial charge in [0.25, 0.3) is 10.2 Å². The smallest absolute Gasteiger partial charge is 0.279 e. The molecule has 0 fully saturated rings. The average molecular weight is 302 g/mol. The van der Waals surface area contributed by atoms with Crippen molar-refractivity contribution in [2.24, 2.45) is 0 Å². The summed E-state index contributed by atoms with van der Waals surface area (Å²) < 4.78 is 38.2. The molecule has 0 atom stereocenters. The minimum atomic E-state index is -3.54. The summed E-state index contributed by atoms with van der Waals surface area (Å²) in [5.41, 5.74) is 0.912. The molecule has 114 valence electrons. The summed E-state index contributed by atoms with van der Waals surface area (Å²) in [7, 11) is -0.461. The lowest BCUT2D eigenvalue weighted by Gasteiger charge is -2.21. The molecule has 0 aliphatic rings. The van der Waals surface area contributed by atoms with Crippen molar-refractivity contribution in [3.8, 4) is 0 Å². The lowest BCUT2D eigenvalue weighted by Crippen LogP contribution is -2.43. The maximum Gasteiger partial charge on any atom is 0.279 e. The van der Waals surface area contributed by atoms with Gasteiger partial charge in [-0.3, -0.25) is 0 Å². The Labute approximate surface area is 120 Å². The fourth-order valence-electron chi connectivity index (χ4n) is 1.60. The van der Waals surface area contributed by atoms with E-state index in [1.54, 1.807) is 14.2 Å². The molecule has 0 unspecified atom stereocenters. The van der Waals surface area contributed by atoms with E-state index in [4.69, 9.17) is 9.47 Å². The highest BCUT2D eigenvalue weighted by atomic mass is 32.2. The highest BCUT2D eigenvalue weighted by molar-refractivity contribution is 7.87. The largest absolute Gasteiger partial charge is 0.383 e. The summed E-state index contributed by atoms with van der Waals surface area (Å²) in [6, 6.07) is 9.38. The van der Waals surface area contributed by atoms with Gasteiger partial charge in [-0.05, 0) is 5.56 Å². The summed E-state index contributed by atoms with van der Waals surface area (Å²) in [5.74, 6) is 0. The number of hydrogen-bond donors (Lipinski definition) is 1. The van der Waals surface area contributed by atoms with Gasteiger partial charge in [0.15, 0.2) is 0 Å². The van der Waals surface area contributed by atoms with Crippen molar-refractivity contribution >= 4 is 10.2 Å². The highest BCUT2D eigenvalue weighted by Crippen LogP contribution is 2.02. The van der Waals surface area contributed by atoms with Crippen LogP contribution in [0.5, 0.6) is 0 Å². The van der Waals surface area contributed by atoms with E-state index in [0.29, 0.717) is 26.3 Å². The van der Waals surface area contributed by atoms with Gasteiger partial charge in [0.2, 0.25) is 0 Å². The van der Waals surface area contributed by atoms with Crippen LogP contribution in [0.4, 0.5) is 0 Å². The van der Waals surface area contributed by atoms with E-state index < -0.39 is 10.2 Å². The molecule has 0 spiro atoms. The minimum absolute atomic E-state index is 0.264. The Kier molecular flexibility index (Phi) is 7.71. The maximum atomic E-state index is 12.2. The summed E-state index contributed by atoms with van der Waals surface area (Å²) >= 11 is 0. The number of ether oxygens (including phenoxy) is 2. The zero-order chi connectivity index (χ0) is 14.8. The second kappa shape index (κ2) is 9.04. The SMILES string of the molecule is COCCN(CCOC)S(=O)(=O)NCc1ccccc1. The van der Waals surface area contributed by atoms with Crippen molar-refractivity contribution in [2.45, 2.75) is 6.54 Å². The van der Waals surface area contributed by atoms with Crippen molar-refractivity contribution in [3.05, 3.63) is 35.9 Å². The van der Waals surface area contributed by atoms with E-state index in [-0.39, 0.29) is 6.54 Å². The molecule has 0 radical (unpaired) electrons. The van der Waals surface area contributed by atoms with Gasteiger partial charge in [-0.1, -0.05) is 30.3 Å². The first-order valence-electron chi connectivity index (χ1n) is 6.36. The van der Waals surface area contributed by atoms with Gasteiger partial charge < -0.3 is 9.47 Å². The van der Waals surface area contributed by atoms with Crippen LogP contribution < -0.4 is 4.72 Å². The number of nitrogens with one attached hydrogen (secondary N) is 1. The molecule has 0 saturated carbocycles. The van der Waals surface area contributed by atoms with Crippen LogP contribution in [0.2, 0.25) is 0 Å². The Hall–Kier alpha value is -0.990. The zero-order valence-corrected chi connectivity index (χ0v) is 12.7. The monoisotopic (exact) mass is 302 g/mol. The number of methoxy groups -OCH3 is 2. The van der Waals surface area contributed by atoms with Gasteiger partial charge in [-0.15, -0.1) is 0 Å². The molecule has 1 aromatic carbocycles. The van der Waals surface area contributed by atoms with Gasteiger partial charge in [-0.25, -0.2) is 0 Å². The van der Waals surface area contributed by atoms with E-state index >= 15 is 0 Å². The fourth-order valence-corrected chi connectivity index (χ4v) is 2.76. The third-order valence-corrected chi connectivity index (χ3v) is 4.29. The van der Waals surface area contributed by atoms with Crippen molar-refractivity contribution < 1.29 is 17.9 Å². The van der Waals surface area contributed by atoms with E-state index in [9.17, 15) is 8.42 Å². The van der Waals surface area contributed by atoms with Crippen molar-refractivity contribution in [3.63, 3.8) is 0 Å². The van der Waals surface area contributed by atoms with Crippen LogP contribution in [0, 0.1) is 0 Å². The Bertz CT molecular complexity index is 457. The van der Waals surface area contributed by atoms with E-state index in [0.717, 1.165) is 5.56 Å². The molecule has 0 saturated heterocycles. The molecular formula is C13H22N2O4S. The van der Waals surface area contributed by atoms with E-state index in [2.05, 4.69) is 4.72 Å². The second-order valence-electron chi connectivity index (χ2n) is 4.20. The first kappa shape index (κ1) is 17.1. The first-order valence-corrected chi connectivity index (χ1v) is 7.80. The Morgan fingerprint density at radius 3 is 2.10 bits per heavy atom. The lowest BCUT2D eigenvalue weighted by molar-refractivity contribution is 0.149. The van der Waals surface area contributed by atoms with Crippen LogP contribution >= 0.6 is 0 Å². The second-order valence-corrected chi connectivity index (χ2v) is 5.95. The number of rotatable bonds is 10. The van der Waals surface area contributed by atoms with Gasteiger partial charge in [0.05, 0.1) is 13.2 Å². The Morgan fingerprint density at radius 1 is 1.05 bits per heavy atom. The molecule has 20 heavy (non-hydrogen) atoms. The van der Waals surface area contributed by atoms with Crippen molar-refractivity contribution in [2.75, 3.05) is 40.5 Å². The lowest BCUT2D eigenvalue weighted by atomic mass is 10.2. The predicted molar refractivity (Wildman–Crippen MR) is 77.5 cm³/mol. The van der Waals surface area contributed by atoms with E-state index in [1.165, 1.54) is 4.31 Å². The third-order valence-electron chi connectivity index (χ3n) is 2.73. The highest BCUT2D eigenvalue weighted by Gasteiger charge is 2.20. The van der Waals surface area contributed by atoms with Gasteiger partial charge >= 0.3 is 0 Å². The van der Waals surface area contributed by atoms with Crippen LogP contribution in [-0.2, 0) is 26.2 Å². The fraction of sp³-hybridized carbons (Fsp3) is 0.538. The normalized spacial score (nSPS) is 11.9. The number of nitrogens with zero attached hydrogens (tertiary/aromatic N) is 1. The molecule has 1 N–H and O–H groups in total. The van der Waals surface area contributed by atoms with Gasteiger partial charge in [0, 0.05) is 33.9 Å². The van der Waals surface area contributed by atoms with E-state index in [1.807, 2.05) is 30.3 Å². The summed E-state index contributed by atoms with van der Waals surface area (Å²) in [6.45, 7) is 1.54.